The zero-order valence-electron chi connectivity index (χ0n) is 27.2. The summed E-state index contributed by atoms with van der Waals surface area (Å²) < 4.78 is 7.60. The molecule has 0 saturated carbocycles. The third-order valence-electron chi connectivity index (χ3n) is 10.0. The third-order valence-corrected chi connectivity index (χ3v) is 12.5. The van der Waals surface area contributed by atoms with Crippen LogP contribution in [0.2, 0.25) is 0 Å². The van der Waals surface area contributed by atoms with Crippen LogP contribution in [0.15, 0.2) is 164 Å². The molecule has 0 atom stereocenters. The molecule has 4 aromatic heterocycles. The average Bonchev–Trinajstić information content (AvgIpc) is 3.88. The lowest BCUT2D eigenvalue weighted by molar-refractivity contribution is 1.17. The monoisotopic (exact) mass is 685 g/mol. The molecule has 11 aromatic rings. The molecule has 0 bridgehead atoms. The van der Waals surface area contributed by atoms with Gasteiger partial charge >= 0.3 is 0 Å². The van der Waals surface area contributed by atoms with E-state index in [0.29, 0.717) is 0 Å². The van der Waals surface area contributed by atoms with Crippen molar-refractivity contribution in [2.75, 3.05) is 0 Å². The van der Waals surface area contributed by atoms with E-state index in [1.165, 1.54) is 62.2 Å². The van der Waals surface area contributed by atoms with Crippen LogP contribution in [-0.2, 0) is 0 Å². The Balaban J connectivity index is 1.08. The highest BCUT2D eigenvalue weighted by Crippen LogP contribution is 2.44. The van der Waals surface area contributed by atoms with Crippen LogP contribution in [0.4, 0.5) is 0 Å². The molecule has 0 aliphatic carbocycles. The first-order valence-corrected chi connectivity index (χ1v) is 18.7. The molecular weight excluding hydrogens is 659 g/mol. The molecule has 0 saturated heterocycles. The summed E-state index contributed by atoms with van der Waals surface area (Å²) >= 11 is 3.72. The first-order chi connectivity index (χ1) is 25.3. The van der Waals surface area contributed by atoms with Gasteiger partial charge in [0, 0.05) is 73.5 Å². The first-order valence-electron chi connectivity index (χ1n) is 17.1. The zero-order valence-corrected chi connectivity index (χ0v) is 28.9. The Bertz CT molecular complexity index is 3130. The van der Waals surface area contributed by atoms with Gasteiger partial charge in [-0.25, -0.2) is 9.97 Å². The van der Waals surface area contributed by atoms with Crippen LogP contribution in [0.1, 0.15) is 0 Å². The van der Waals surface area contributed by atoms with Gasteiger partial charge in [-0.3, -0.25) is 0 Å². The molecule has 11 rings (SSSR count). The molecule has 3 nitrogen and oxygen atoms in total. The second kappa shape index (κ2) is 11.2. The van der Waals surface area contributed by atoms with E-state index >= 15 is 0 Å². The van der Waals surface area contributed by atoms with E-state index in [0.717, 1.165) is 39.6 Å². The van der Waals surface area contributed by atoms with Gasteiger partial charge in [-0.15, -0.1) is 22.7 Å². The van der Waals surface area contributed by atoms with Gasteiger partial charge in [0.05, 0.1) is 22.4 Å². The maximum absolute atomic E-state index is 5.18. The summed E-state index contributed by atoms with van der Waals surface area (Å²) in [5.41, 5.74) is 8.55. The second-order valence-corrected chi connectivity index (χ2v) is 15.0. The Hall–Kier alpha value is -6.14. The van der Waals surface area contributed by atoms with Crippen molar-refractivity contribution in [2.45, 2.75) is 0 Å². The maximum atomic E-state index is 5.18. The lowest BCUT2D eigenvalue weighted by atomic mass is 10.0. The van der Waals surface area contributed by atoms with E-state index in [9.17, 15) is 0 Å². The van der Waals surface area contributed by atoms with Gasteiger partial charge in [0.15, 0.2) is 5.82 Å². The van der Waals surface area contributed by atoms with Crippen molar-refractivity contribution in [3.05, 3.63) is 164 Å². The van der Waals surface area contributed by atoms with E-state index in [-0.39, 0.29) is 0 Å². The van der Waals surface area contributed by atoms with Crippen LogP contribution in [-0.4, -0.2) is 14.5 Å². The lowest BCUT2D eigenvalue weighted by Gasteiger charge is -2.12. The molecule has 0 unspecified atom stereocenters. The van der Waals surface area contributed by atoms with E-state index in [1.807, 2.05) is 40.9 Å². The van der Waals surface area contributed by atoms with Gasteiger partial charge in [-0.2, -0.15) is 0 Å². The second-order valence-electron chi connectivity index (χ2n) is 12.9. The summed E-state index contributed by atoms with van der Waals surface area (Å²) in [6.45, 7) is 0. The molecule has 0 amide bonds. The standard InChI is InChI=1S/C46H27N3S2/c1-2-11-29(12-3-1)46-47-37(27-38(48-46)35-17-10-16-33-31-13-5-8-19-41(31)50-44(33)35)28-21-23-30(24-22-28)49-39-18-7-4-15-36(39)43-40(49)26-25-34-32-14-6-9-20-42(32)51-45(34)43/h1-27H. The van der Waals surface area contributed by atoms with E-state index in [1.54, 1.807) is 0 Å². The lowest BCUT2D eigenvalue weighted by Crippen LogP contribution is -1.97. The molecular formula is C46H27N3S2. The van der Waals surface area contributed by atoms with Crippen molar-refractivity contribution in [1.82, 2.24) is 14.5 Å². The largest absolute Gasteiger partial charge is 0.309 e. The summed E-state index contributed by atoms with van der Waals surface area (Å²) in [5.74, 6) is 0.722. The van der Waals surface area contributed by atoms with Gasteiger partial charge < -0.3 is 4.57 Å². The average molecular weight is 686 g/mol. The third kappa shape index (κ3) is 4.42. The van der Waals surface area contributed by atoms with Crippen LogP contribution >= 0.6 is 22.7 Å². The predicted octanol–water partition coefficient (Wildman–Crippen LogP) is 13.3. The fourth-order valence-electron chi connectivity index (χ4n) is 7.69. The predicted molar refractivity (Wildman–Crippen MR) is 218 cm³/mol. The quantitative estimate of drug-likeness (QED) is 0.185. The molecule has 0 fully saturated rings. The fourth-order valence-corrected chi connectivity index (χ4v) is 10.2. The van der Waals surface area contributed by atoms with E-state index in [4.69, 9.17) is 9.97 Å². The number of rotatable bonds is 4. The van der Waals surface area contributed by atoms with Crippen LogP contribution in [0, 0.1) is 0 Å². The minimum Gasteiger partial charge on any atom is -0.309 e. The summed E-state index contributed by atoms with van der Waals surface area (Å²) in [6, 6.07) is 58.6. The fraction of sp³-hybridized carbons (Fsp3) is 0. The Kier molecular flexibility index (Phi) is 6.29. The Labute approximate surface area is 301 Å². The number of thiophene rings is 2. The molecule has 0 aliphatic rings. The highest BCUT2D eigenvalue weighted by molar-refractivity contribution is 7.27. The number of aromatic nitrogens is 3. The van der Waals surface area contributed by atoms with Crippen molar-refractivity contribution in [1.29, 1.82) is 0 Å². The number of hydrogen-bond donors (Lipinski definition) is 0. The van der Waals surface area contributed by atoms with Gasteiger partial charge in [0.1, 0.15) is 0 Å². The van der Waals surface area contributed by atoms with Crippen molar-refractivity contribution >= 4 is 84.8 Å². The first kappa shape index (κ1) is 28.7. The molecule has 0 spiro atoms. The molecule has 4 heterocycles. The van der Waals surface area contributed by atoms with Crippen molar-refractivity contribution in [2.24, 2.45) is 0 Å². The number of benzene rings is 7. The van der Waals surface area contributed by atoms with Gasteiger partial charge in [-0.1, -0.05) is 121 Å². The van der Waals surface area contributed by atoms with Crippen molar-refractivity contribution in [3.8, 4) is 39.6 Å². The Morgan fingerprint density at radius 2 is 1.04 bits per heavy atom. The minimum atomic E-state index is 0.722. The van der Waals surface area contributed by atoms with Crippen LogP contribution in [0.25, 0.3) is 102 Å². The minimum absolute atomic E-state index is 0.722. The highest BCUT2D eigenvalue weighted by atomic mass is 32.1. The number of para-hydroxylation sites is 1. The molecule has 5 heteroatoms. The molecule has 51 heavy (non-hydrogen) atoms. The zero-order chi connectivity index (χ0) is 33.5. The number of hydrogen-bond acceptors (Lipinski definition) is 4. The normalized spacial score (nSPS) is 11.9. The van der Waals surface area contributed by atoms with Crippen molar-refractivity contribution in [3.63, 3.8) is 0 Å². The van der Waals surface area contributed by atoms with E-state index < -0.39 is 0 Å². The van der Waals surface area contributed by atoms with Crippen LogP contribution in [0.5, 0.6) is 0 Å². The molecule has 7 aromatic carbocycles. The van der Waals surface area contributed by atoms with Gasteiger partial charge in [0.2, 0.25) is 0 Å². The highest BCUT2D eigenvalue weighted by Gasteiger charge is 2.19. The van der Waals surface area contributed by atoms with E-state index in [2.05, 4.69) is 150 Å². The smallest absolute Gasteiger partial charge is 0.160 e. The van der Waals surface area contributed by atoms with Crippen LogP contribution in [0.3, 0.4) is 0 Å². The number of fused-ring (bicyclic) bond motifs is 10. The maximum Gasteiger partial charge on any atom is 0.160 e. The summed E-state index contributed by atoms with van der Waals surface area (Å²) in [4.78, 5) is 10.3. The Morgan fingerprint density at radius 1 is 0.412 bits per heavy atom. The van der Waals surface area contributed by atoms with Gasteiger partial charge in [-0.05, 0) is 42.5 Å². The number of nitrogens with zero attached hydrogens (tertiary/aromatic N) is 3. The van der Waals surface area contributed by atoms with Gasteiger partial charge in [0.25, 0.3) is 0 Å². The molecule has 238 valence electrons. The molecule has 0 radical (unpaired) electrons. The summed E-state index contributed by atoms with van der Waals surface area (Å²) in [7, 11) is 0. The summed E-state index contributed by atoms with van der Waals surface area (Å²) in [5, 5.41) is 7.78. The Morgan fingerprint density at radius 3 is 1.82 bits per heavy atom. The molecule has 0 N–H and O–H groups in total. The SMILES string of the molecule is c1ccc(-c2nc(-c3ccc(-n4c5ccccc5c5c6sc7ccccc7c6ccc54)cc3)cc(-c3cccc4c3sc3ccccc34)n2)cc1. The summed E-state index contributed by atoms with van der Waals surface area (Å²) in [6.07, 6.45) is 0. The van der Waals surface area contributed by atoms with Crippen molar-refractivity contribution < 1.29 is 0 Å². The topological polar surface area (TPSA) is 30.7 Å². The molecule has 0 aliphatic heterocycles. The van der Waals surface area contributed by atoms with Crippen LogP contribution < -0.4 is 0 Å².